The molecular weight excluding hydrogens is 384 g/mol. The van der Waals surface area contributed by atoms with Crippen molar-refractivity contribution in [3.8, 4) is 0 Å². The van der Waals surface area contributed by atoms with Crippen LogP contribution in [-0.4, -0.2) is 63.9 Å². The van der Waals surface area contributed by atoms with Crippen molar-refractivity contribution >= 4 is 17.9 Å². The van der Waals surface area contributed by atoms with Gasteiger partial charge < -0.3 is 29.2 Å². The molecular formula is C20H24O9. The molecule has 9 heteroatoms. The highest BCUT2D eigenvalue weighted by atomic mass is 16.8. The smallest absolute Gasteiger partial charge is 0.342 e. The average molecular weight is 408 g/mol. The molecule has 0 radical (unpaired) electrons. The first-order valence-electron chi connectivity index (χ1n) is 10.1. The van der Waals surface area contributed by atoms with Gasteiger partial charge in [-0.3, -0.25) is 4.79 Å². The first-order valence-corrected chi connectivity index (χ1v) is 10.1. The SMILES string of the molecule is C[C@@H]1C(=O)O[C@@H]2C[C@]34[C@H]5C[C@@H](C(C)(C)C)[C@@]36[C@@H](OC(=O)[C@@H]6O)O[C@]4(C(=O)O5)[C@@]12O. The van der Waals surface area contributed by atoms with Crippen LogP contribution in [0.3, 0.4) is 0 Å². The number of carbonyl (C=O) groups excluding carboxylic acids is 3. The highest BCUT2D eigenvalue weighted by molar-refractivity contribution is 5.93. The van der Waals surface area contributed by atoms with E-state index in [2.05, 4.69) is 0 Å². The quantitative estimate of drug-likeness (QED) is 0.408. The summed E-state index contributed by atoms with van der Waals surface area (Å²) in [5, 5.41) is 23.0. The maximum atomic E-state index is 13.3. The van der Waals surface area contributed by atoms with E-state index >= 15 is 0 Å². The third kappa shape index (κ3) is 1.35. The molecule has 4 aliphatic heterocycles. The predicted molar refractivity (Wildman–Crippen MR) is 90.6 cm³/mol. The molecule has 0 amide bonds. The second-order valence-corrected chi connectivity index (χ2v) is 10.6. The monoisotopic (exact) mass is 408 g/mol. The Morgan fingerprint density at radius 3 is 2.38 bits per heavy atom. The van der Waals surface area contributed by atoms with Crippen molar-refractivity contribution in [2.24, 2.45) is 28.1 Å². The molecule has 0 unspecified atom stereocenters. The van der Waals surface area contributed by atoms with E-state index in [1.807, 2.05) is 20.8 Å². The lowest BCUT2D eigenvalue weighted by atomic mass is 9.51. The molecule has 2 spiro atoms. The highest BCUT2D eigenvalue weighted by Gasteiger charge is 3.01. The van der Waals surface area contributed by atoms with Crippen molar-refractivity contribution < 1.29 is 43.5 Å². The van der Waals surface area contributed by atoms with Crippen molar-refractivity contribution in [1.29, 1.82) is 0 Å². The van der Waals surface area contributed by atoms with Crippen LogP contribution >= 0.6 is 0 Å². The van der Waals surface area contributed by atoms with Crippen LogP contribution in [0, 0.1) is 28.1 Å². The molecule has 4 heterocycles. The molecule has 2 aliphatic carbocycles. The summed E-state index contributed by atoms with van der Waals surface area (Å²) in [6.45, 7) is 7.47. The summed E-state index contributed by atoms with van der Waals surface area (Å²) in [7, 11) is 0. The van der Waals surface area contributed by atoms with Crippen LogP contribution in [0.2, 0.25) is 0 Å². The van der Waals surface area contributed by atoms with Gasteiger partial charge in [0.15, 0.2) is 11.7 Å². The second kappa shape index (κ2) is 4.48. The van der Waals surface area contributed by atoms with Gasteiger partial charge in [0.2, 0.25) is 11.9 Å². The van der Waals surface area contributed by atoms with Crippen LogP contribution in [0.1, 0.15) is 40.5 Å². The second-order valence-electron chi connectivity index (χ2n) is 10.6. The molecule has 10 atom stereocenters. The van der Waals surface area contributed by atoms with Crippen LogP contribution in [0.5, 0.6) is 0 Å². The van der Waals surface area contributed by atoms with Gasteiger partial charge in [0, 0.05) is 6.42 Å². The predicted octanol–water partition coefficient (Wildman–Crippen LogP) is -0.340. The standard InChI is InChI=1S/C20H24O9/c1-7-12(22)26-10-6-17-9-5-8(16(2,3)4)18(17)11(21)13(23)28-15(18)29-20(17,14(24)27-9)19(7,10)25/h7-11,15,21,25H,5-6H2,1-4H3/t7-,8+,9-,10-,11+,15+,17+,18-,19-,20+/m1/s1. The maximum Gasteiger partial charge on any atom is 0.342 e. The molecule has 6 fully saturated rings. The van der Waals surface area contributed by atoms with Gasteiger partial charge in [0.05, 0.1) is 16.7 Å². The van der Waals surface area contributed by atoms with Crippen molar-refractivity contribution in [2.75, 3.05) is 0 Å². The van der Waals surface area contributed by atoms with Gasteiger partial charge in [-0.2, -0.15) is 0 Å². The van der Waals surface area contributed by atoms with E-state index in [9.17, 15) is 24.6 Å². The van der Waals surface area contributed by atoms with Crippen molar-refractivity contribution in [2.45, 2.75) is 76.3 Å². The van der Waals surface area contributed by atoms with Crippen molar-refractivity contribution in [3.05, 3.63) is 0 Å². The number of esters is 3. The summed E-state index contributed by atoms with van der Waals surface area (Å²) in [5.74, 6) is -3.52. The zero-order chi connectivity index (χ0) is 20.9. The first-order chi connectivity index (χ1) is 13.4. The molecule has 0 bridgehead atoms. The number of aliphatic hydroxyl groups excluding tert-OH is 1. The van der Waals surface area contributed by atoms with E-state index < -0.39 is 70.5 Å². The Hall–Kier alpha value is -1.71. The number of ether oxygens (including phenoxy) is 4. The number of fused-ring (bicyclic) bond motifs is 1. The summed E-state index contributed by atoms with van der Waals surface area (Å²) >= 11 is 0. The third-order valence-corrected chi connectivity index (χ3v) is 8.97. The maximum absolute atomic E-state index is 13.3. The molecule has 0 aromatic carbocycles. The van der Waals surface area contributed by atoms with Gasteiger partial charge in [0.1, 0.15) is 12.2 Å². The average Bonchev–Trinajstić information content (AvgIpc) is 3.31. The van der Waals surface area contributed by atoms with Gasteiger partial charge in [-0.05, 0) is 24.7 Å². The molecule has 2 saturated carbocycles. The van der Waals surface area contributed by atoms with Crippen LogP contribution in [-0.2, 0) is 33.3 Å². The Balaban J connectivity index is 1.68. The van der Waals surface area contributed by atoms with Crippen LogP contribution < -0.4 is 0 Å². The zero-order valence-electron chi connectivity index (χ0n) is 16.6. The highest BCUT2D eigenvalue weighted by Crippen LogP contribution is 2.84. The topological polar surface area (TPSA) is 129 Å². The van der Waals surface area contributed by atoms with Crippen molar-refractivity contribution in [3.63, 3.8) is 0 Å². The minimum absolute atomic E-state index is 0.0623. The zero-order valence-corrected chi connectivity index (χ0v) is 16.6. The van der Waals surface area contributed by atoms with E-state index in [4.69, 9.17) is 18.9 Å². The Bertz CT molecular complexity index is 893. The number of hydrogen-bond acceptors (Lipinski definition) is 9. The minimum Gasteiger partial charge on any atom is -0.459 e. The molecule has 6 rings (SSSR count). The van der Waals surface area contributed by atoms with Gasteiger partial charge >= 0.3 is 17.9 Å². The number of aliphatic hydroxyl groups is 2. The van der Waals surface area contributed by atoms with E-state index in [1.54, 1.807) is 0 Å². The van der Waals surface area contributed by atoms with E-state index in [0.29, 0.717) is 6.42 Å². The Morgan fingerprint density at radius 2 is 1.72 bits per heavy atom. The number of hydrogen-bond donors (Lipinski definition) is 2. The minimum atomic E-state index is -1.97. The molecule has 4 saturated heterocycles. The van der Waals surface area contributed by atoms with Crippen LogP contribution in [0.15, 0.2) is 0 Å². The lowest BCUT2D eigenvalue weighted by Crippen LogP contribution is -2.66. The molecule has 0 aromatic heterocycles. The Labute approximate surface area is 166 Å². The number of rotatable bonds is 0. The fourth-order valence-corrected chi connectivity index (χ4v) is 8.06. The summed E-state index contributed by atoms with van der Waals surface area (Å²) in [4.78, 5) is 38.1. The van der Waals surface area contributed by atoms with Crippen molar-refractivity contribution in [1.82, 2.24) is 0 Å². The Morgan fingerprint density at radius 1 is 1.03 bits per heavy atom. The molecule has 0 aromatic rings. The molecule has 2 N–H and O–H groups in total. The summed E-state index contributed by atoms with van der Waals surface area (Å²) in [6, 6.07) is 0. The fraction of sp³-hybridized carbons (Fsp3) is 0.850. The van der Waals surface area contributed by atoms with Gasteiger partial charge in [0.25, 0.3) is 0 Å². The number of carbonyl (C=O) groups is 3. The lowest BCUT2D eigenvalue weighted by molar-refractivity contribution is -0.238. The summed E-state index contributed by atoms with van der Waals surface area (Å²) < 4.78 is 22.9. The lowest BCUT2D eigenvalue weighted by Gasteiger charge is -2.46. The summed E-state index contributed by atoms with van der Waals surface area (Å²) in [6.07, 6.45) is -3.96. The molecule has 29 heavy (non-hydrogen) atoms. The molecule has 6 aliphatic rings. The van der Waals surface area contributed by atoms with Crippen LogP contribution in [0.4, 0.5) is 0 Å². The first kappa shape index (κ1) is 18.1. The largest absolute Gasteiger partial charge is 0.459 e. The van der Waals surface area contributed by atoms with E-state index in [1.165, 1.54) is 6.92 Å². The van der Waals surface area contributed by atoms with Gasteiger partial charge in [-0.25, -0.2) is 9.59 Å². The van der Waals surface area contributed by atoms with Gasteiger partial charge in [-0.15, -0.1) is 0 Å². The normalized spacial score (nSPS) is 59.2. The molecule has 9 nitrogen and oxygen atoms in total. The van der Waals surface area contributed by atoms with Gasteiger partial charge in [-0.1, -0.05) is 20.8 Å². The van der Waals surface area contributed by atoms with E-state index in [0.717, 1.165) is 0 Å². The van der Waals surface area contributed by atoms with Crippen LogP contribution in [0.25, 0.3) is 0 Å². The third-order valence-electron chi connectivity index (χ3n) is 8.97. The fourth-order valence-electron chi connectivity index (χ4n) is 8.06. The molecule has 158 valence electrons. The van der Waals surface area contributed by atoms with E-state index in [-0.39, 0.29) is 17.8 Å². The summed E-state index contributed by atoms with van der Waals surface area (Å²) in [5.41, 5.74) is -6.81. The Kier molecular flexibility index (Phi) is 2.79.